The fraction of sp³-hybridized carbons (Fsp3) is 0.125. The molecule has 0 aliphatic carbocycles. The van der Waals surface area contributed by atoms with Gasteiger partial charge >= 0.3 is 5.97 Å². The van der Waals surface area contributed by atoms with E-state index in [4.69, 9.17) is 9.47 Å². The van der Waals surface area contributed by atoms with Crippen molar-refractivity contribution in [3.8, 4) is 11.5 Å². The van der Waals surface area contributed by atoms with Crippen LogP contribution in [0.15, 0.2) is 71.8 Å². The van der Waals surface area contributed by atoms with Gasteiger partial charge in [-0.3, -0.25) is 4.79 Å². The van der Waals surface area contributed by atoms with Gasteiger partial charge in [0.2, 0.25) is 0 Å². The molecule has 0 spiro atoms. The lowest BCUT2D eigenvalue weighted by Gasteiger charge is -2.07. The molecule has 0 aliphatic heterocycles. The molecule has 31 heavy (non-hydrogen) atoms. The number of amides is 1. The number of hydrogen-bond donors (Lipinski definition) is 1. The number of esters is 1. The first-order valence-corrected chi connectivity index (χ1v) is 9.50. The van der Waals surface area contributed by atoms with Crippen molar-refractivity contribution < 1.29 is 23.5 Å². The highest BCUT2D eigenvalue weighted by Gasteiger charge is 2.09. The summed E-state index contributed by atoms with van der Waals surface area (Å²) in [6.45, 7) is 3.79. The second-order valence-corrected chi connectivity index (χ2v) is 6.80. The van der Waals surface area contributed by atoms with Crippen molar-refractivity contribution in [2.75, 3.05) is 6.61 Å². The Bertz CT molecular complexity index is 1130. The van der Waals surface area contributed by atoms with E-state index in [1.807, 2.05) is 26.0 Å². The van der Waals surface area contributed by atoms with E-state index in [9.17, 15) is 14.0 Å². The predicted octanol–water partition coefficient (Wildman–Crippen LogP) is 4.19. The Kier molecular flexibility index (Phi) is 7.11. The lowest BCUT2D eigenvalue weighted by atomic mass is 10.1. The zero-order valence-corrected chi connectivity index (χ0v) is 17.1. The molecule has 0 bridgehead atoms. The molecular weight excluding hydrogens is 399 g/mol. The van der Waals surface area contributed by atoms with Gasteiger partial charge in [-0.25, -0.2) is 14.6 Å². The summed E-state index contributed by atoms with van der Waals surface area (Å²) in [5.41, 5.74) is 5.30. The summed E-state index contributed by atoms with van der Waals surface area (Å²) < 4.78 is 24.0. The zero-order valence-electron chi connectivity index (χ0n) is 17.1. The standard InChI is InChI=1S/C24H21FN2O4/c1-16-9-10-21(11-17(16)2)30-15-23(28)27-26-14-18-5-3-8-22(12-18)31-24(29)19-6-4-7-20(25)13-19/h3-14H,15H2,1-2H3,(H,27,28)/b26-14-. The van der Waals surface area contributed by atoms with Crippen LogP contribution in [-0.4, -0.2) is 24.7 Å². The van der Waals surface area contributed by atoms with Crippen molar-refractivity contribution in [1.82, 2.24) is 5.43 Å². The van der Waals surface area contributed by atoms with Gasteiger partial charge < -0.3 is 9.47 Å². The molecule has 3 rings (SSSR count). The number of ether oxygens (including phenoxy) is 2. The first kappa shape index (κ1) is 21.7. The van der Waals surface area contributed by atoms with E-state index in [-0.39, 0.29) is 17.9 Å². The fourth-order valence-electron chi connectivity index (χ4n) is 2.60. The van der Waals surface area contributed by atoms with Gasteiger partial charge in [-0.05, 0) is 73.0 Å². The topological polar surface area (TPSA) is 77.0 Å². The number of halogens is 1. The number of hydrogen-bond acceptors (Lipinski definition) is 5. The number of aryl methyl sites for hydroxylation is 2. The largest absolute Gasteiger partial charge is 0.484 e. The van der Waals surface area contributed by atoms with Gasteiger partial charge in [0.15, 0.2) is 6.61 Å². The van der Waals surface area contributed by atoms with Gasteiger partial charge in [-0.2, -0.15) is 5.10 Å². The summed E-state index contributed by atoms with van der Waals surface area (Å²) >= 11 is 0. The summed E-state index contributed by atoms with van der Waals surface area (Å²) in [4.78, 5) is 24.0. The fourth-order valence-corrected chi connectivity index (χ4v) is 2.60. The lowest BCUT2D eigenvalue weighted by molar-refractivity contribution is -0.123. The minimum Gasteiger partial charge on any atom is -0.484 e. The summed E-state index contributed by atoms with van der Waals surface area (Å²) in [5.74, 6) is -0.737. The van der Waals surface area contributed by atoms with Crippen LogP contribution in [0.2, 0.25) is 0 Å². The molecule has 7 heteroatoms. The molecule has 0 heterocycles. The van der Waals surface area contributed by atoms with Crippen LogP contribution < -0.4 is 14.9 Å². The molecule has 158 valence electrons. The van der Waals surface area contributed by atoms with Gasteiger partial charge in [0.1, 0.15) is 17.3 Å². The van der Waals surface area contributed by atoms with E-state index in [1.165, 1.54) is 24.4 Å². The zero-order chi connectivity index (χ0) is 22.2. The van der Waals surface area contributed by atoms with Crippen molar-refractivity contribution in [2.24, 2.45) is 5.10 Å². The van der Waals surface area contributed by atoms with Crippen LogP contribution >= 0.6 is 0 Å². The minimum absolute atomic E-state index is 0.107. The predicted molar refractivity (Wildman–Crippen MR) is 115 cm³/mol. The van der Waals surface area contributed by atoms with Crippen LogP contribution in [-0.2, 0) is 4.79 Å². The van der Waals surface area contributed by atoms with Crippen molar-refractivity contribution in [1.29, 1.82) is 0 Å². The number of benzene rings is 3. The maximum atomic E-state index is 13.3. The molecular formula is C24H21FN2O4. The molecule has 0 fully saturated rings. The van der Waals surface area contributed by atoms with Crippen LogP contribution in [0.4, 0.5) is 4.39 Å². The van der Waals surface area contributed by atoms with Crippen LogP contribution in [0.3, 0.4) is 0 Å². The summed E-state index contributed by atoms with van der Waals surface area (Å²) in [7, 11) is 0. The van der Waals surface area contributed by atoms with Crippen molar-refractivity contribution in [3.63, 3.8) is 0 Å². The summed E-state index contributed by atoms with van der Waals surface area (Å²) in [5, 5.41) is 3.88. The van der Waals surface area contributed by atoms with Gasteiger partial charge in [0.25, 0.3) is 5.91 Å². The number of rotatable bonds is 7. The van der Waals surface area contributed by atoms with Crippen LogP contribution in [0.5, 0.6) is 11.5 Å². The molecule has 1 N–H and O–H groups in total. The normalized spacial score (nSPS) is 10.7. The number of hydrazone groups is 1. The number of carbonyl (C=O) groups is 2. The Morgan fingerprint density at radius 2 is 1.77 bits per heavy atom. The Balaban J connectivity index is 1.52. The maximum Gasteiger partial charge on any atom is 0.343 e. The molecule has 0 aromatic heterocycles. The number of nitrogens with one attached hydrogen (secondary N) is 1. The van der Waals surface area contributed by atoms with Crippen LogP contribution in [0.25, 0.3) is 0 Å². The van der Waals surface area contributed by atoms with Crippen molar-refractivity contribution in [2.45, 2.75) is 13.8 Å². The van der Waals surface area contributed by atoms with Crippen molar-refractivity contribution >= 4 is 18.1 Å². The lowest BCUT2D eigenvalue weighted by Crippen LogP contribution is -2.24. The Morgan fingerprint density at radius 1 is 0.968 bits per heavy atom. The second kappa shape index (κ2) is 10.2. The third-order valence-electron chi connectivity index (χ3n) is 4.38. The van der Waals surface area contributed by atoms with E-state index in [0.717, 1.165) is 17.2 Å². The van der Waals surface area contributed by atoms with Crippen molar-refractivity contribution in [3.05, 3.63) is 94.8 Å². The first-order chi connectivity index (χ1) is 14.9. The Hall–Kier alpha value is -4.00. The third kappa shape index (κ3) is 6.50. The van der Waals surface area contributed by atoms with Crippen LogP contribution in [0, 0.1) is 19.7 Å². The van der Waals surface area contributed by atoms with E-state index < -0.39 is 17.7 Å². The first-order valence-electron chi connectivity index (χ1n) is 9.50. The highest BCUT2D eigenvalue weighted by molar-refractivity contribution is 5.91. The van der Waals surface area contributed by atoms with Gasteiger partial charge in [-0.1, -0.05) is 24.3 Å². The molecule has 0 radical (unpaired) electrons. The summed E-state index contributed by atoms with van der Waals surface area (Å²) in [6, 6.07) is 17.4. The SMILES string of the molecule is Cc1ccc(OCC(=O)N/N=C\c2cccc(OC(=O)c3cccc(F)c3)c2)cc1C. The molecule has 0 aliphatic rings. The van der Waals surface area contributed by atoms with Gasteiger partial charge in [0.05, 0.1) is 11.8 Å². The van der Waals surface area contributed by atoms with E-state index in [2.05, 4.69) is 10.5 Å². The molecule has 0 saturated heterocycles. The Labute approximate surface area is 179 Å². The monoisotopic (exact) mass is 420 g/mol. The second-order valence-electron chi connectivity index (χ2n) is 6.80. The van der Waals surface area contributed by atoms with E-state index >= 15 is 0 Å². The Morgan fingerprint density at radius 3 is 2.55 bits per heavy atom. The molecule has 3 aromatic rings. The van der Waals surface area contributed by atoms with Gasteiger partial charge in [0, 0.05) is 0 Å². The van der Waals surface area contributed by atoms with E-state index in [1.54, 1.807) is 30.3 Å². The number of carbonyl (C=O) groups excluding carboxylic acids is 2. The molecule has 3 aromatic carbocycles. The average molecular weight is 420 g/mol. The molecule has 0 unspecified atom stereocenters. The molecule has 0 saturated carbocycles. The maximum absolute atomic E-state index is 13.3. The minimum atomic E-state index is -0.676. The number of nitrogens with zero attached hydrogens (tertiary/aromatic N) is 1. The molecule has 0 atom stereocenters. The van der Waals surface area contributed by atoms with E-state index in [0.29, 0.717) is 11.3 Å². The third-order valence-corrected chi connectivity index (χ3v) is 4.38. The molecule has 6 nitrogen and oxygen atoms in total. The quantitative estimate of drug-likeness (QED) is 0.269. The van der Waals surface area contributed by atoms with Crippen LogP contribution in [0.1, 0.15) is 27.0 Å². The highest BCUT2D eigenvalue weighted by Crippen LogP contribution is 2.16. The molecule has 1 amide bonds. The highest BCUT2D eigenvalue weighted by atomic mass is 19.1. The summed E-state index contributed by atoms with van der Waals surface area (Å²) in [6.07, 6.45) is 1.41. The smallest absolute Gasteiger partial charge is 0.343 e. The average Bonchev–Trinajstić information content (AvgIpc) is 2.75. The van der Waals surface area contributed by atoms with Gasteiger partial charge in [-0.15, -0.1) is 0 Å².